The van der Waals surface area contributed by atoms with Crippen LogP contribution in [0.25, 0.3) is 0 Å². The number of carbonyl (C=O) groups is 1. The Kier molecular flexibility index (Phi) is 6.54. The summed E-state index contributed by atoms with van der Waals surface area (Å²) in [6.07, 6.45) is 0. The van der Waals surface area contributed by atoms with Gasteiger partial charge in [0.1, 0.15) is 5.75 Å². The standard InChI is InChI=1S/C18H20ClN3O4/c1-12(21(2)11-13-4-7-15(26-3)8-5-13)18(23)20-17-10-14(22(24)25)6-9-16(17)19/h4-10,12H,11H2,1-3H3,(H,20,23). The second kappa shape index (κ2) is 8.64. The van der Waals surface area contributed by atoms with E-state index in [1.54, 1.807) is 14.0 Å². The van der Waals surface area contributed by atoms with Crippen molar-refractivity contribution in [1.82, 2.24) is 4.90 Å². The Morgan fingerprint density at radius 3 is 2.54 bits per heavy atom. The van der Waals surface area contributed by atoms with E-state index < -0.39 is 11.0 Å². The maximum atomic E-state index is 12.5. The van der Waals surface area contributed by atoms with Gasteiger partial charge in [0.15, 0.2) is 0 Å². The lowest BCUT2D eigenvalue weighted by atomic mass is 10.1. The van der Waals surface area contributed by atoms with E-state index >= 15 is 0 Å². The zero-order valence-corrected chi connectivity index (χ0v) is 15.5. The van der Waals surface area contributed by atoms with Crippen molar-refractivity contribution in [3.05, 3.63) is 63.2 Å². The van der Waals surface area contributed by atoms with Gasteiger partial charge in [0, 0.05) is 18.7 Å². The number of nitro groups is 1. The molecule has 1 atom stereocenters. The number of likely N-dealkylation sites (N-methyl/N-ethyl adjacent to an activating group) is 1. The summed E-state index contributed by atoms with van der Waals surface area (Å²) in [5, 5.41) is 13.8. The highest BCUT2D eigenvalue weighted by Crippen LogP contribution is 2.27. The van der Waals surface area contributed by atoms with Crippen molar-refractivity contribution < 1.29 is 14.5 Å². The van der Waals surface area contributed by atoms with Crippen LogP contribution in [0.15, 0.2) is 42.5 Å². The fourth-order valence-corrected chi connectivity index (χ4v) is 2.48. The van der Waals surface area contributed by atoms with Crippen molar-refractivity contribution in [3.63, 3.8) is 0 Å². The predicted octanol–water partition coefficient (Wildman–Crippen LogP) is 3.72. The molecule has 7 nitrogen and oxygen atoms in total. The summed E-state index contributed by atoms with van der Waals surface area (Å²) < 4.78 is 5.13. The lowest BCUT2D eigenvalue weighted by Gasteiger charge is -2.24. The summed E-state index contributed by atoms with van der Waals surface area (Å²) in [6, 6.07) is 11.0. The van der Waals surface area contributed by atoms with Gasteiger partial charge in [-0.3, -0.25) is 19.8 Å². The number of nitro benzene ring substituents is 1. The molecule has 0 saturated heterocycles. The topological polar surface area (TPSA) is 84.7 Å². The number of hydrogen-bond donors (Lipinski definition) is 1. The van der Waals surface area contributed by atoms with E-state index in [0.29, 0.717) is 6.54 Å². The molecule has 0 radical (unpaired) electrons. The summed E-state index contributed by atoms with van der Waals surface area (Å²) in [5.41, 5.74) is 1.11. The Morgan fingerprint density at radius 1 is 1.31 bits per heavy atom. The lowest BCUT2D eigenvalue weighted by molar-refractivity contribution is -0.384. The normalized spacial score (nSPS) is 11.9. The highest BCUT2D eigenvalue weighted by molar-refractivity contribution is 6.33. The number of ether oxygens (including phenoxy) is 1. The first-order valence-corrected chi connectivity index (χ1v) is 8.27. The maximum absolute atomic E-state index is 12.5. The lowest BCUT2D eigenvalue weighted by Crippen LogP contribution is -2.39. The molecule has 26 heavy (non-hydrogen) atoms. The second-order valence-corrected chi connectivity index (χ2v) is 6.26. The van der Waals surface area contributed by atoms with E-state index in [4.69, 9.17) is 16.3 Å². The number of methoxy groups -OCH3 is 1. The number of amides is 1. The van der Waals surface area contributed by atoms with Crippen LogP contribution in [0.1, 0.15) is 12.5 Å². The first-order chi connectivity index (χ1) is 12.3. The molecule has 0 fully saturated rings. The number of halogens is 1. The van der Waals surface area contributed by atoms with Gasteiger partial charge in [-0.2, -0.15) is 0 Å². The molecule has 2 aromatic carbocycles. The third kappa shape index (κ3) is 4.93. The average Bonchev–Trinajstić information content (AvgIpc) is 2.63. The van der Waals surface area contributed by atoms with Gasteiger partial charge >= 0.3 is 0 Å². The number of non-ortho nitro benzene ring substituents is 1. The Morgan fingerprint density at radius 2 is 1.96 bits per heavy atom. The van der Waals surface area contributed by atoms with Crippen molar-refractivity contribution in [3.8, 4) is 5.75 Å². The molecule has 8 heteroatoms. The first kappa shape index (κ1) is 19.7. The molecule has 0 heterocycles. The summed E-state index contributed by atoms with van der Waals surface area (Å²) in [5.74, 6) is 0.464. The molecule has 138 valence electrons. The number of rotatable bonds is 7. The Balaban J connectivity index is 2.04. The van der Waals surface area contributed by atoms with Crippen LogP contribution in [0.3, 0.4) is 0 Å². The molecule has 0 aromatic heterocycles. The van der Waals surface area contributed by atoms with Crippen LogP contribution in [0.2, 0.25) is 5.02 Å². The van der Waals surface area contributed by atoms with E-state index in [9.17, 15) is 14.9 Å². The molecule has 0 bridgehead atoms. The van der Waals surface area contributed by atoms with E-state index in [-0.39, 0.29) is 22.3 Å². The van der Waals surface area contributed by atoms with Crippen molar-refractivity contribution in [1.29, 1.82) is 0 Å². The Hall–Kier alpha value is -2.64. The Bertz CT molecular complexity index is 796. The van der Waals surface area contributed by atoms with Gasteiger partial charge in [0.25, 0.3) is 5.69 Å². The van der Waals surface area contributed by atoms with E-state index in [2.05, 4.69) is 5.32 Å². The molecule has 0 aliphatic carbocycles. The minimum Gasteiger partial charge on any atom is -0.497 e. The predicted molar refractivity (Wildman–Crippen MR) is 101 cm³/mol. The van der Waals surface area contributed by atoms with Crippen LogP contribution in [0.4, 0.5) is 11.4 Å². The van der Waals surface area contributed by atoms with Crippen molar-refractivity contribution in [2.24, 2.45) is 0 Å². The van der Waals surface area contributed by atoms with Gasteiger partial charge in [-0.15, -0.1) is 0 Å². The molecular formula is C18H20ClN3O4. The highest BCUT2D eigenvalue weighted by atomic mass is 35.5. The number of anilines is 1. The monoisotopic (exact) mass is 377 g/mol. The SMILES string of the molecule is COc1ccc(CN(C)C(C)C(=O)Nc2cc([N+](=O)[O-])ccc2Cl)cc1. The van der Waals surface area contributed by atoms with Crippen molar-refractivity contribution in [2.45, 2.75) is 19.5 Å². The molecule has 2 rings (SSSR count). The summed E-state index contributed by atoms with van der Waals surface area (Å²) in [7, 11) is 3.43. The van der Waals surface area contributed by atoms with E-state index in [1.165, 1.54) is 18.2 Å². The molecule has 1 N–H and O–H groups in total. The molecule has 2 aromatic rings. The van der Waals surface area contributed by atoms with Crippen LogP contribution in [0.5, 0.6) is 5.75 Å². The third-order valence-corrected chi connectivity index (χ3v) is 4.38. The number of carbonyl (C=O) groups excluding carboxylic acids is 1. The number of nitrogens with one attached hydrogen (secondary N) is 1. The maximum Gasteiger partial charge on any atom is 0.271 e. The molecule has 1 unspecified atom stereocenters. The van der Waals surface area contributed by atoms with E-state index in [1.807, 2.05) is 36.2 Å². The fraction of sp³-hybridized carbons (Fsp3) is 0.278. The van der Waals surface area contributed by atoms with Gasteiger partial charge in [-0.1, -0.05) is 23.7 Å². The molecule has 0 saturated carbocycles. The minimum atomic E-state index is -0.536. The van der Waals surface area contributed by atoms with Crippen molar-refractivity contribution in [2.75, 3.05) is 19.5 Å². The van der Waals surface area contributed by atoms with Crippen molar-refractivity contribution >= 4 is 28.9 Å². The van der Waals surface area contributed by atoms with Crippen LogP contribution in [-0.2, 0) is 11.3 Å². The van der Waals surface area contributed by atoms with E-state index in [0.717, 1.165) is 11.3 Å². The van der Waals surface area contributed by atoms with Crippen LogP contribution in [-0.4, -0.2) is 35.9 Å². The molecule has 0 aliphatic heterocycles. The second-order valence-electron chi connectivity index (χ2n) is 5.85. The van der Waals surface area contributed by atoms with Gasteiger partial charge in [0.2, 0.25) is 5.91 Å². The summed E-state index contributed by atoms with van der Waals surface area (Å²) in [4.78, 5) is 24.7. The Labute approximate surface area is 156 Å². The average molecular weight is 378 g/mol. The van der Waals surface area contributed by atoms with Crippen LogP contribution >= 0.6 is 11.6 Å². The van der Waals surface area contributed by atoms with Gasteiger partial charge in [-0.25, -0.2) is 0 Å². The van der Waals surface area contributed by atoms with Crippen LogP contribution < -0.4 is 10.1 Å². The number of hydrogen-bond acceptors (Lipinski definition) is 5. The minimum absolute atomic E-state index is 0.135. The van der Waals surface area contributed by atoms with Gasteiger partial charge in [-0.05, 0) is 37.7 Å². The van der Waals surface area contributed by atoms with Crippen LogP contribution in [0, 0.1) is 10.1 Å². The summed E-state index contributed by atoms with van der Waals surface area (Å²) >= 11 is 6.02. The zero-order chi connectivity index (χ0) is 19.3. The summed E-state index contributed by atoms with van der Waals surface area (Å²) in [6.45, 7) is 2.31. The number of benzene rings is 2. The molecule has 0 spiro atoms. The molecule has 1 amide bonds. The molecule has 0 aliphatic rings. The third-order valence-electron chi connectivity index (χ3n) is 4.05. The largest absolute Gasteiger partial charge is 0.497 e. The first-order valence-electron chi connectivity index (χ1n) is 7.89. The molecular weight excluding hydrogens is 358 g/mol. The van der Waals surface area contributed by atoms with Gasteiger partial charge in [0.05, 0.1) is 28.8 Å². The zero-order valence-electron chi connectivity index (χ0n) is 14.7. The number of nitrogens with zero attached hydrogens (tertiary/aromatic N) is 2. The fourth-order valence-electron chi connectivity index (χ4n) is 2.32. The smallest absolute Gasteiger partial charge is 0.271 e. The van der Waals surface area contributed by atoms with Gasteiger partial charge < -0.3 is 10.1 Å². The highest BCUT2D eigenvalue weighted by Gasteiger charge is 2.20. The quantitative estimate of drug-likeness (QED) is 0.587.